The maximum Gasteiger partial charge on any atom is 0.217 e. The highest BCUT2D eigenvalue weighted by Crippen LogP contribution is 2.16. The predicted octanol–water partition coefficient (Wildman–Crippen LogP) is 2.41. The number of Topliss-reactive ketones (excluding diaryl/α,β-unsaturated/α-hetero) is 1. The first-order valence-corrected chi connectivity index (χ1v) is 5.97. The lowest BCUT2D eigenvalue weighted by Gasteiger charge is -2.16. The summed E-state index contributed by atoms with van der Waals surface area (Å²) in [5.74, 6) is -0.152. The molecule has 0 saturated carbocycles. The van der Waals surface area contributed by atoms with Crippen molar-refractivity contribution in [3.05, 3.63) is 35.4 Å². The fourth-order valence-corrected chi connectivity index (χ4v) is 1.70. The summed E-state index contributed by atoms with van der Waals surface area (Å²) >= 11 is 0. The molecule has 0 spiro atoms. The van der Waals surface area contributed by atoms with Gasteiger partial charge in [-0.15, -0.1) is 0 Å². The maximum absolute atomic E-state index is 11.8. The Bertz CT molecular complexity index is 395. The third kappa shape index (κ3) is 3.70. The second-order valence-electron chi connectivity index (χ2n) is 4.05. The van der Waals surface area contributed by atoms with Gasteiger partial charge in [-0.25, -0.2) is 0 Å². The highest BCUT2D eigenvalue weighted by molar-refractivity contribution is 5.89. The minimum atomic E-state index is -0.511. The van der Waals surface area contributed by atoms with Crippen LogP contribution >= 0.6 is 0 Å². The lowest BCUT2D eigenvalue weighted by molar-refractivity contribution is -0.126. The van der Waals surface area contributed by atoms with Gasteiger partial charge in [0.25, 0.3) is 0 Å². The molecule has 0 aliphatic carbocycles. The van der Waals surface area contributed by atoms with Crippen molar-refractivity contribution >= 4 is 11.7 Å². The van der Waals surface area contributed by atoms with Crippen LogP contribution in [0.1, 0.15) is 44.4 Å². The van der Waals surface area contributed by atoms with E-state index < -0.39 is 6.04 Å². The second kappa shape index (κ2) is 6.18. The highest BCUT2D eigenvalue weighted by Gasteiger charge is 2.19. The molecule has 0 bridgehead atoms. The van der Waals surface area contributed by atoms with Crippen molar-refractivity contribution in [2.45, 2.75) is 39.7 Å². The number of amides is 1. The largest absolute Gasteiger partial charge is 0.342 e. The van der Waals surface area contributed by atoms with Crippen LogP contribution in [0.2, 0.25) is 0 Å². The van der Waals surface area contributed by atoms with E-state index in [0.29, 0.717) is 6.42 Å². The number of rotatable bonds is 5. The number of hydrogen-bond donors (Lipinski definition) is 1. The Hall–Kier alpha value is -1.64. The summed E-state index contributed by atoms with van der Waals surface area (Å²) in [7, 11) is 0. The summed E-state index contributed by atoms with van der Waals surface area (Å²) in [5.41, 5.74) is 2.07. The average molecular weight is 233 g/mol. The number of hydrogen-bond acceptors (Lipinski definition) is 2. The van der Waals surface area contributed by atoms with E-state index >= 15 is 0 Å². The smallest absolute Gasteiger partial charge is 0.217 e. The van der Waals surface area contributed by atoms with Crippen molar-refractivity contribution in [2.24, 2.45) is 0 Å². The van der Waals surface area contributed by atoms with E-state index in [-0.39, 0.29) is 11.7 Å². The van der Waals surface area contributed by atoms with Crippen LogP contribution in [0.3, 0.4) is 0 Å². The molecule has 0 saturated heterocycles. The van der Waals surface area contributed by atoms with Crippen molar-refractivity contribution in [3.63, 3.8) is 0 Å². The van der Waals surface area contributed by atoms with Gasteiger partial charge in [0.2, 0.25) is 5.91 Å². The lowest BCUT2D eigenvalue weighted by atomic mass is 9.99. The Kier molecular flexibility index (Phi) is 4.88. The summed E-state index contributed by atoms with van der Waals surface area (Å²) in [5, 5.41) is 2.70. The van der Waals surface area contributed by atoms with Gasteiger partial charge in [-0.3, -0.25) is 9.59 Å². The zero-order chi connectivity index (χ0) is 12.8. The molecule has 1 aromatic carbocycles. The van der Waals surface area contributed by atoms with Crippen molar-refractivity contribution in [1.29, 1.82) is 0 Å². The highest BCUT2D eigenvalue weighted by atomic mass is 16.2. The van der Waals surface area contributed by atoms with Crippen molar-refractivity contribution < 1.29 is 9.59 Å². The minimum absolute atomic E-state index is 0.0319. The number of carbonyl (C=O) groups is 2. The summed E-state index contributed by atoms with van der Waals surface area (Å²) in [6.45, 7) is 5.31. The third-order valence-corrected chi connectivity index (χ3v) is 2.74. The normalized spacial score (nSPS) is 11.9. The molecule has 0 heterocycles. The number of nitrogens with one attached hydrogen (secondary N) is 1. The van der Waals surface area contributed by atoms with Crippen LogP contribution in [0.5, 0.6) is 0 Å². The van der Waals surface area contributed by atoms with Crippen LogP contribution in [0, 0.1) is 0 Å². The first-order chi connectivity index (χ1) is 8.08. The molecule has 1 atom stereocenters. The van der Waals surface area contributed by atoms with Gasteiger partial charge in [0.1, 0.15) is 6.04 Å². The summed E-state index contributed by atoms with van der Waals surface area (Å²) in [6.07, 6.45) is 1.38. The summed E-state index contributed by atoms with van der Waals surface area (Å²) < 4.78 is 0. The van der Waals surface area contributed by atoms with Gasteiger partial charge in [-0.1, -0.05) is 38.1 Å². The molecule has 17 heavy (non-hydrogen) atoms. The molecule has 1 aromatic rings. The average Bonchev–Trinajstić information content (AvgIpc) is 2.35. The van der Waals surface area contributed by atoms with Crippen LogP contribution < -0.4 is 5.32 Å². The van der Waals surface area contributed by atoms with Crippen molar-refractivity contribution in [1.82, 2.24) is 5.32 Å². The van der Waals surface area contributed by atoms with E-state index in [1.165, 1.54) is 12.5 Å². The number of ketones is 1. The summed E-state index contributed by atoms with van der Waals surface area (Å²) in [6, 6.07) is 7.29. The molecule has 1 rings (SSSR count). The van der Waals surface area contributed by atoms with Crippen molar-refractivity contribution in [2.75, 3.05) is 0 Å². The maximum atomic E-state index is 11.8. The molecule has 0 fully saturated rings. The molecule has 0 aliphatic rings. The molecule has 3 heteroatoms. The Morgan fingerprint density at radius 1 is 1.18 bits per heavy atom. The fourth-order valence-electron chi connectivity index (χ4n) is 1.70. The molecule has 92 valence electrons. The topological polar surface area (TPSA) is 46.2 Å². The first kappa shape index (κ1) is 13.4. The van der Waals surface area contributed by atoms with Gasteiger partial charge in [0.15, 0.2) is 5.78 Å². The number of carbonyl (C=O) groups excluding carboxylic acids is 2. The molecule has 0 aliphatic heterocycles. The van der Waals surface area contributed by atoms with E-state index in [4.69, 9.17) is 0 Å². The number of benzene rings is 1. The lowest BCUT2D eigenvalue weighted by Crippen LogP contribution is -2.31. The molecule has 3 nitrogen and oxygen atoms in total. The van der Waals surface area contributed by atoms with Gasteiger partial charge in [0, 0.05) is 13.3 Å². The quantitative estimate of drug-likeness (QED) is 0.848. The predicted molar refractivity (Wildman–Crippen MR) is 67.7 cm³/mol. The van der Waals surface area contributed by atoms with Crippen LogP contribution in [0.25, 0.3) is 0 Å². The van der Waals surface area contributed by atoms with E-state index in [1.807, 2.05) is 24.3 Å². The van der Waals surface area contributed by atoms with E-state index in [2.05, 4.69) is 12.2 Å². The molecular formula is C14H19NO2. The molecule has 1 N–H and O–H groups in total. The van der Waals surface area contributed by atoms with Crippen LogP contribution in [-0.4, -0.2) is 11.7 Å². The zero-order valence-corrected chi connectivity index (χ0v) is 10.6. The minimum Gasteiger partial charge on any atom is -0.342 e. The Morgan fingerprint density at radius 2 is 1.76 bits per heavy atom. The Balaban J connectivity index is 2.95. The zero-order valence-electron chi connectivity index (χ0n) is 10.6. The van der Waals surface area contributed by atoms with Gasteiger partial charge in [-0.05, 0) is 17.5 Å². The standard InChI is InChI=1S/C14H19NO2/c1-4-11-6-8-12(9-7-11)14(13(17)5-2)15-10(3)16/h6-9,14H,4-5H2,1-3H3,(H,15,16). The monoisotopic (exact) mass is 233 g/mol. The van der Waals surface area contributed by atoms with Gasteiger partial charge in [-0.2, -0.15) is 0 Å². The SMILES string of the molecule is CCC(=O)C(NC(C)=O)c1ccc(CC)cc1. The van der Waals surface area contributed by atoms with E-state index in [1.54, 1.807) is 6.92 Å². The Morgan fingerprint density at radius 3 is 2.18 bits per heavy atom. The van der Waals surface area contributed by atoms with Crippen LogP contribution in [0.15, 0.2) is 24.3 Å². The second-order valence-corrected chi connectivity index (χ2v) is 4.05. The number of aryl methyl sites for hydroxylation is 1. The van der Waals surface area contributed by atoms with Gasteiger partial charge < -0.3 is 5.32 Å². The van der Waals surface area contributed by atoms with Gasteiger partial charge >= 0.3 is 0 Å². The molecule has 1 unspecified atom stereocenters. The van der Waals surface area contributed by atoms with Crippen molar-refractivity contribution in [3.8, 4) is 0 Å². The molecule has 1 amide bonds. The molecular weight excluding hydrogens is 214 g/mol. The van der Waals surface area contributed by atoms with E-state index in [9.17, 15) is 9.59 Å². The molecule has 0 aromatic heterocycles. The van der Waals surface area contributed by atoms with Gasteiger partial charge in [0.05, 0.1) is 0 Å². The van der Waals surface area contributed by atoms with E-state index in [0.717, 1.165) is 12.0 Å². The summed E-state index contributed by atoms with van der Waals surface area (Å²) in [4.78, 5) is 22.9. The Labute approximate surface area is 102 Å². The fraction of sp³-hybridized carbons (Fsp3) is 0.429. The van der Waals surface area contributed by atoms with Crippen LogP contribution in [0.4, 0.5) is 0 Å². The third-order valence-electron chi connectivity index (χ3n) is 2.74. The molecule has 0 radical (unpaired) electrons. The van der Waals surface area contributed by atoms with Crippen LogP contribution in [-0.2, 0) is 16.0 Å². The first-order valence-electron chi connectivity index (χ1n) is 5.97.